The van der Waals surface area contributed by atoms with Crippen LogP contribution in [0, 0.1) is 11.8 Å². The maximum Gasteiger partial charge on any atom is 0.306 e. The number of carbonyl (C=O) groups is 1. The Morgan fingerprint density at radius 2 is 2.00 bits per heavy atom. The fourth-order valence-corrected chi connectivity index (χ4v) is 2.59. The predicted molar refractivity (Wildman–Crippen MR) is 69.6 cm³/mol. The highest BCUT2D eigenvalue weighted by Crippen LogP contribution is 2.32. The largest absolute Gasteiger partial charge is 0.460 e. The van der Waals surface area contributed by atoms with Crippen molar-refractivity contribution in [2.75, 3.05) is 0 Å². The monoisotopic (exact) mass is 241 g/mol. The van der Waals surface area contributed by atoms with E-state index < -0.39 is 0 Å². The molecule has 3 heteroatoms. The fourth-order valence-electron chi connectivity index (χ4n) is 2.59. The van der Waals surface area contributed by atoms with Crippen molar-refractivity contribution in [3.63, 3.8) is 0 Å². The van der Waals surface area contributed by atoms with Crippen LogP contribution in [0.5, 0.6) is 0 Å². The van der Waals surface area contributed by atoms with E-state index in [2.05, 4.69) is 6.92 Å². The molecule has 3 atom stereocenters. The van der Waals surface area contributed by atoms with Crippen LogP contribution < -0.4 is 5.73 Å². The Hall–Kier alpha value is -0.570. The summed E-state index contributed by atoms with van der Waals surface area (Å²) in [6, 6.07) is 0.172. The Bertz CT molecular complexity index is 257. The minimum Gasteiger partial charge on any atom is -0.460 e. The Morgan fingerprint density at radius 3 is 2.53 bits per heavy atom. The van der Waals surface area contributed by atoms with Gasteiger partial charge in [-0.1, -0.05) is 13.3 Å². The molecule has 1 saturated carbocycles. The molecule has 1 aliphatic carbocycles. The van der Waals surface area contributed by atoms with Gasteiger partial charge in [0.1, 0.15) is 5.60 Å². The lowest BCUT2D eigenvalue weighted by molar-refractivity contribution is -0.156. The number of carbonyl (C=O) groups excluding carboxylic acids is 1. The SMILES string of the molecule is CCC1CCC(N)C(CC(=O)OC(C)(C)C)C1. The van der Waals surface area contributed by atoms with Crippen LogP contribution in [-0.4, -0.2) is 17.6 Å². The summed E-state index contributed by atoms with van der Waals surface area (Å²) in [4.78, 5) is 11.8. The van der Waals surface area contributed by atoms with Crippen molar-refractivity contribution in [2.45, 2.75) is 71.4 Å². The Labute approximate surface area is 105 Å². The summed E-state index contributed by atoms with van der Waals surface area (Å²) in [5.74, 6) is 0.945. The van der Waals surface area contributed by atoms with Crippen molar-refractivity contribution < 1.29 is 9.53 Å². The molecule has 0 spiro atoms. The molecule has 17 heavy (non-hydrogen) atoms. The van der Waals surface area contributed by atoms with Gasteiger partial charge in [-0.25, -0.2) is 0 Å². The van der Waals surface area contributed by atoms with Gasteiger partial charge in [0.05, 0.1) is 0 Å². The van der Waals surface area contributed by atoms with E-state index in [0.717, 1.165) is 18.8 Å². The highest BCUT2D eigenvalue weighted by molar-refractivity contribution is 5.70. The molecule has 3 unspecified atom stereocenters. The van der Waals surface area contributed by atoms with Gasteiger partial charge >= 0.3 is 5.97 Å². The first-order valence-corrected chi connectivity index (χ1v) is 6.79. The second-order valence-corrected chi connectivity index (χ2v) is 6.30. The predicted octanol–water partition coefficient (Wildman–Crippen LogP) is 2.87. The van der Waals surface area contributed by atoms with Crippen molar-refractivity contribution in [1.82, 2.24) is 0 Å². The average molecular weight is 241 g/mol. The quantitative estimate of drug-likeness (QED) is 0.773. The topological polar surface area (TPSA) is 52.3 Å². The molecular weight excluding hydrogens is 214 g/mol. The molecule has 0 heterocycles. The molecule has 0 bridgehead atoms. The van der Waals surface area contributed by atoms with Crippen molar-refractivity contribution >= 4 is 5.97 Å². The number of esters is 1. The van der Waals surface area contributed by atoms with Crippen molar-refractivity contribution in [3.8, 4) is 0 Å². The van der Waals surface area contributed by atoms with E-state index in [0.29, 0.717) is 12.3 Å². The van der Waals surface area contributed by atoms with E-state index in [1.807, 2.05) is 20.8 Å². The molecule has 0 aromatic rings. The van der Waals surface area contributed by atoms with Crippen LogP contribution in [0.3, 0.4) is 0 Å². The van der Waals surface area contributed by atoms with E-state index >= 15 is 0 Å². The lowest BCUT2D eigenvalue weighted by Crippen LogP contribution is -2.38. The maximum atomic E-state index is 11.8. The third-order valence-electron chi connectivity index (χ3n) is 3.58. The second kappa shape index (κ2) is 5.85. The molecule has 0 aromatic heterocycles. The normalized spacial score (nSPS) is 30.1. The summed E-state index contributed by atoms with van der Waals surface area (Å²) in [5, 5.41) is 0. The zero-order chi connectivity index (χ0) is 13.1. The maximum absolute atomic E-state index is 11.8. The van der Waals surface area contributed by atoms with Gasteiger partial charge in [-0.3, -0.25) is 4.79 Å². The van der Waals surface area contributed by atoms with Gasteiger partial charge in [-0.15, -0.1) is 0 Å². The Kier molecular flexibility index (Phi) is 4.99. The van der Waals surface area contributed by atoms with E-state index in [1.54, 1.807) is 0 Å². The molecule has 100 valence electrons. The zero-order valence-corrected chi connectivity index (χ0v) is 11.7. The van der Waals surface area contributed by atoms with Crippen LogP contribution >= 0.6 is 0 Å². The average Bonchev–Trinajstić information content (AvgIpc) is 2.18. The standard InChI is InChI=1S/C14H27NO2/c1-5-10-6-7-12(15)11(8-10)9-13(16)17-14(2,3)4/h10-12H,5-9,15H2,1-4H3. The summed E-state index contributed by atoms with van der Waals surface area (Å²) in [6.45, 7) is 7.92. The van der Waals surface area contributed by atoms with E-state index in [9.17, 15) is 4.79 Å². The molecule has 0 aromatic carbocycles. The van der Waals surface area contributed by atoms with Gasteiger partial charge in [-0.05, 0) is 51.9 Å². The smallest absolute Gasteiger partial charge is 0.306 e. The minimum atomic E-state index is -0.389. The number of ether oxygens (including phenoxy) is 1. The first kappa shape index (κ1) is 14.5. The van der Waals surface area contributed by atoms with E-state index in [-0.39, 0.29) is 17.6 Å². The summed E-state index contributed by atoms with van der Waals surface area (Å²) in [5.41, 5.74) is 5.71. The summed E-state index contributed by atoms with van der Waals surface area (Å²) in [7, 11) is 0. The Morgan fingerprint density at radius 1 is 1.35 bits per heavy atom. The Balaban J connectivity index is 2.46. The third kappa shape index (κ3) is 5.07. The lowest BCUT2D eigenvalue weighted by Gasteiger charge is -2.33. The molecule has 3 nitrogen and oxygen atoms in total. The van der Waals surface area contributed by atoms with Crippen molar-refractivity contribution in [2.24, 2.45) is 17.6 Å². The fraction of sp³-hybridized carbons (Fsp3) is 0.929. The third-order valence-corrected chi connectivity index (χ3v) is 3.58. The number of hydrogen-bond donors (Lipinski definition) is 1. The molecule has 0 saturated heterocycles. The number of nitrogens with two attached hydrogens (primary N) is 1. The highest BCUT2D eigenvalue weighted by atomic mass is 16.6. The molecular formula is C14H27NO2. The number of hydrogen-bond acceptors (Lipinski definition) is 3. The summed E-state index contributed by atoms with van der Waals surface area (Å²) < 4.78 is 5.36. The molecule has 1 fully saturated rings. The molecule has 0 amide bonds. The molecule has 0 radical (unpaired) electrons. The molecule has 2 N–H and O–H groups in total. The zero-order valence-electron chi connectivity index (χ0n) is 11.7. The summed E-state index contributed by atoms with van der Waals surface area (Å²) >= 11 is 0. The van der Waals surface area contributed by atoms with Crippen molar-refractivity contribution in [3.05, 3.63) is 0 Å². The first-order valence-electron chi connectivity index (χ1n) is 6.79. The first-order chi connectivity index (χ1) is 7.81. The van der Waals surface area contributed by atoms with Crippen LogP contribution in [0.15, 0.2) is 0 Å². The number of rotatable bonds is 3. The van der Waals surface area contributed by atoms with Gasteiger partial charge < -0.3 is 10.5 Å². The van der Waals surface area contributed by atoms with Crippen LogP contribution in [0.25, 0.3) is 0 Å². The van der Waals surface area contributed by atoms with Crippen LogP contribution in [0.1, 0.15) is 59.8 Å². The second-order valence-electron chi connectivity index (χ2n) is 6.30. The highest BCUT2D eigenvalue weighted by Gasteiger charge is 2.30. The van der Waals surface area contributed by atoms with Gasteiger partial charge in [0.2, 0.25) is 0 Å². The van der Waals surface area contributed by atoms with Gasteiger partial charge in [0.25, 0.3) is 0 Å². The van der Waals surface area contributed by atoms with E-state index in [4.69, 9.17) is 10.5 Å². The van der Waals surface area contributed by atoms with Gasteiger partial charge in [-0.2, -0.15) is 0 Å². The van der Waals surface area contributed by atoms with Gasteiger partial charge in [0.15, 0.2) is 0 Å². The lowest BCUT2D eigenvalue weighted by atomic mass is 9.76. The molecule has 1 rings (SSSR count). The van der Waals surface area contributed by atoms with Crippen LogP contribution in [0.2, 0.25) is 0 Å². The minimum absolute atomic E-state index is 0.102. The molecule has 0 aliphatic heterocycles. The van der Waals surface area contributed by atoms with Crippen LogP contribution in [-0.2, 0) is 9.53 Å². The van der Waals surface area contributed by atoms with Crippen molar-refractivity contribution in [1.29, 1.82) is 0 Å². The van der Waals surface area contributed by atoms with Gasteiger partial charge in [0, 0.05) is 12.5 Å². The summed E-state index contributed by atoms with van der Waals surface area (Å²) in [6.07, 6.45) is 5.01. The van der Waals surface area contributed by atoms with Crippen LogP contribution in [0.4, 0.5) is 0 Å². The molecule has 1 aliphatic rings. The van der Waals surface area contributed by atoms with E-state index in [1.165, 1.54) is 12.8 Å².